The Morgan fingerprint density at radius 2 is 1.96 bits per heavy atom. The van der Waals surface area contributed by atoms with Crippen LogP contribution in [0.15, 0.2) is 65.6 Å². The highest BCUT2D eigenvalue weighted by Gasteiger charge is 2.11. The van der Waals surface area contributed by atoms with E-state index < -0.39 is 0 Å². The molecular weight excluding hydrogens is 366 g/mol. The predicted molar refractivity (Wildman–Crippen MR) is 109 cm³/mol. The van der Waals surface area contributed by atoms with E-state index in [0.29, 0.717) is 17.0 Å². The number of aromatic nitrogens is 2. The topological polar surface area (TPSA) is 46.9 Å². The summed E-state index contributed by atoms with van der Waals surface area (Å²) in [6.45, 7) is 2.63. The number of hydrogen-bond donors (Lipinski definition) is 1. The van der Waals surface area contributed by atoms with Crippen molar-refractivity contribution in [3.63, 3.8) is 0 Å². The van der Waals surface area contributed by atoms with Gasteiger partial charge in [0.05, 0.1) is 11.1 Å². The first-order valence-corrected chi connectivity index (χ1v) is 9.33. The first-order chi connectivity index (χ1) is 12.6. The van der Waals surface area contributed by atoms with E-state index in [9.17, 15) is 4.79 Å². The molecule has 2 aromatic carbocycles. The second-order valence-electron chi connectivity index (χ2n) is 6.04. The van der Waals surface area contributed by atoms with Gasteiger partial charge in [0, 0.05) is 23.5 Å². The lowest BCUT2D eigenvalue weighted by molar-refractivity contribution is 1.10. The minimum Gasteiger partial charge on any atom is -0.381 e. The molecule has 0 fully saturated rings. The van der Waals surface area contributed by atoms with Crippen LogP contribution in [0.4, 0.5) is 5.69 Å². The van der Waals surface area contributed by atoms with E-state index in [4.69, 9.17) is 11.6 Å². The SMILES string of the molecule is Cc1ccc(NCc2cc(-n3sc4ncccc4c3=O)ccc2Cl)cc1. The van der Waals surface area contributed by atoms with Crippen LogP contribution in [0, 0.1) is 6.92 Å². The monoisotopic (exact) mass is 381 g/mol. The number of anilines is 1. The number of rotatable bonds is 4. The van der Waals surface area contributed by atoms with Crippen LogP contribution in [-0.4, -0.2) is 8.94 Å². The molecule has 0 spiro atoms. The maximum Gasteiger partial charge on any atom is 0.274 e. The number of nitrogens with one attached hydrogen (secondary N) is 1. The van der Waals surface area contributed by atoms with Crippen molar-refractivity contribution in [3.05, 3.63) is 87.3 Å². The highest BCUT2D eigenvalue weighted by atomic mass is 35.5. The summed E-state index contributed by atoms with van der Waals surface area (Å²) in [5.74, 6) is 0. The second kappa shape index (κ2) is 6.94. The van der Waals surface area contributed by atoms with E-state index in [1.807, 2.05) is 30.3 Å². The van der Waals surface area contributed by atoms with Crippen molar-refractivity contribution in [2.24, 2.45) is 0 Å². The van der Waals surface area contributed by atoms with Gasteiger partial charge >= 0.3 is 0 Å². The molecule has 26 heavy (non-hydrogen) atoms. The Labute approximate surface area is 159 Å². The molecule has 2 aromatic heterocycles. The summed E-state index contributed by atoms with van der Waals surface area (Å²) >= 11 is 7.69. The molecule has 0 atom stereocenters. The number of nitrogens with zero attached hydrogens (tertiary/aromatic N) is 2. The molecule has 4 rings (SSSR count). The number of hydrogen-bond acceptors (Lipinski definition) is 4. The Bertz CT molecular complexity index is 1130. The summed E-state index contributed by atoms with van der Waals surface area (Å²) in [6, 6.07) is 17.4. The zero-order valence-corrected chi connectivity index (χ0v) is 15.6. The molecule has 0 unspecified atom stereocenters. The van der Waals surface area contributed by atoms with Crippen LogP contribution < -0.4 is 10.9 Å². The number of pyridine rings is 1. The molecule has 130 valence electrons. The minimum atomic E-state index is -0.0575. The largest absolute Gasteiger partial charge is 0.381 e. The second-order valence-corrected chi connectivity index (χ2v) is 7.38. The van der Waals surface area contributed by atoms with Gasteiger partial charge in [-0.15, -0.1) is 0 Å². The van der Waals surface area contributed by atoms with Crippen LogP contribution in [0.3, 0.4) is 0 Å². The molecule has 0 radical (unpaired) electrons. The van der Waals surface area contributed by atoms with E-state index in [0.717, 1.165) is 21.8 Å². The summed E-state index contributed by atoms with van der Waals surface area (Å²) in [5.41, 5.74) is 3.91. The highest BCUT2D eigenvalue weighted by Crippen LogP contribution is 2.24. The minimum absolute atomic E-state index is 0.0575. The zero-order chi connectivity index (χ0) is 18.1. The maximum atomic E-state index is 12.6. The van der Waals surface area contributed by atoms with Crippen molar-refractivity contribution in [1.29, 1.82) is 0 Å². The number of fused-ring (bicyclic) bond motifs is 1. The summed E-state index contributed by atoms with van der Waals surface area (Å²) in [5, 5.41) is 4.67. The normalized spacial score (nSPS) is 11.0. The molecule has 0 saturated heterocycles. The van der Waals surface area contributed by atoms with Gasteiger partial charge in [0.1, 0.15) is 4.83 Å². The van der Waals surface area contributed by atoms with Gasteiger partial charge in [-0.1, -0.05) is 29.3 Å². The Balaban J connectivity index is 1.66. The van der Waals surface area contributed by atoms with E-state index in [-0.39, 0.29) is 5.56 Å². The molecule has 0 saturated carbocycles. The molecule has 2 heterocycles. The molecule has 1 N–H and O–H groups in total. The van der Waals surface area contributed by atoms with Gasteiger partial charge in [0.2, 0.25) is 0 Å². The molecule has 0 bridgehead atoms. The Morgan fingerprint density at radius 3 is 2.73 bits per heavy atom. The van der Waals surface area contributed by atoms with E-state index in [2.05, 4.69) is 29.4 Å². The van der Waals surface area contributed by atoms with Crippen molar-refractivity contribution in [2.75, 3.05) is 5.32 Å². The molecule has 0 aliphatic heterocycles. The summed E-state index contributed by atoms with van der Waals surface area (Å²) in [7, 11) is 0. The van der Waals surface area contributed by atoms with Crippen molar-refractivity contribution >= 4 is 39.0 Å². The molecule has 4 nitrogen and oxygen atoms in total. The lowest BCUT2D eigenvalue weighted by Crippen LogP contribution is -2.11. The summed E-state index contributed by atoms with van der Waals surface area (Å²) in [4.78, 5) is 17.6. The van der Waals surface area contributed by atoms with Crippen LogP contribution >= 0.6 is 23.1 Å². The summed E-state index contributed by atoms with van der Waals surface area (Å²) < 4.78 is 1.66. The van der Waals surface area contributed by atoms with Crippen LogP contribution in [0.1, 0.15) is 11.1 Å². The third-order valence-electron chi connectivity index (χ3n) is 4.16. The molecular formula is C20H16ClN3OS. The highest BCUT2D eigenvalue weighted by molar-refractivity contribution is 7.13. The zero-order valence-electron chi connectivity index (χ0n) is 14.1. The van der Waals surface area contributed by atoms with Crippen LogP contribution in [-0.2, 0) is 6.54 Å². The average molecular weight is 382 g/mol. The number of benzene rings is 2. The third kappa shape index (κ3) is 3.23. The number of aryl methyl sites for hydroxylation is 1. The fourth-order valence-corrected chi connectivity index (χ4v) is 3.84. The van der Waals surface area contributed by atoms with Crippen molar-refractivity contribution in [1.82, 2.24) is 8.94 Å². The summed E-state index contributed by atoms with van der Waals surface area (Å²) in [6.07, 6.45) is 1.70. The van der Waals surface area contributed by atoms with Gasteiger partial charge < -0.3 is 5.32 Å². The van der Waals surface area contributed by atoms with Crippen LogP contribution in [0.5, 0.6) is 0 Å². The van der Waals surface area contributed by atoms with Crippen molar-refractivity contribution in [3.8, 4) is 5.69 Å². The van der Waals surface area contributed by atoms with Gasteiger partial charge in [0.15, 0.2) is 0 Å². The number of halogens is 1. The predicted octanol–water partition coefficient (Wildman–Crippen LogP) is 5.02. The Hall–Kier alpha value is -2.63. The van der Waals surface area contributed by atoms with Gasteiger partial charge in [-0.05, 0) is 66.5 Å². The van der Waals surface area contributed by atoms with Crippen LogP contribution in [0.2, 0.25) is 5.02 Å². The standard InChI is InChI=1S/C20H16ClN3OS/c1-13-4-6-15(7-5-13)23-12-14-11-16(8-9-18(14)21)24-20(25)17-3-2-10-22-19(17)26-24/h2-11,23H,12H2,1H3. The van der Waals surface area contributed by atoms with E-state index >= 15 is 0 Å². The van der Waals surface area contributed by atoms with Crippen molar-refractivity contribution in [2.45, 2.75) is 13.5 Å². The van der Waals surface area contributed by atoms with Gasteiger partial charge in [-0.25, -0.2) is 8.94 Å². The lowest BCUT2D eigenvalue weighted by Gasteiger charge is -2.10. The first kappa shape index (κ1) is 16.8. The fraction of sp³-hybridized carbons (Fsp3) is 0.100. The Kier molecular flexibility index (Phi) is 4.49. The maximum absolute atomic E-state index is 12.6. The van der Waals surface area contributed by atoms with E-state index in [1.54, 1.807) is 22.3 Å². The smallest absolute Gasteiger partial charge is 0.274 e. The third-order valence-corrected chi connectivity index (χ3v) is 5.59. The van der Waals surface area contributed by atoms with E-state index in [1.165, 1.54) is 17.1 Å². The molecule has 0 aliphatic rings. The fourth-order valence-electron chi connectivity index (χ4n) is 2.73. The molecule has 4 aromatic rings. The molecule has 0 amide bonds. The quantitative estimate of drug-likeness (QED) is 0.539. The Morgan fingerprint density at radius 1 is 1.15 bits per heavy atom. The van der Waals surface area contributed by atoms with Crippen molar-refractivity contribution < 1.29 is 0 Å². The van der Waals surface area contributed by atoms with Crippen LogP contribution in [0.25, 0.3) is 15.9 Å². The lowest BCUT2D eigenvalue weighted by atomic mass is 10.2. The average Bonchev–Trinajstić information content (AvgIpc) is 2.99. The molecule has 0 aliphatic carbocycles. The van der Waals surface area contributed by atoms with Gasteiger partial charge in [-0.3, -0.25) is 4.79 Å². The molecule has 6 heteroatoms. The first-order valence-electron chi connectivity index (χ1n) is 8.18. The van der Waals surface area contributed by atoms with Gasteiger partial charge in [-0.2, -0.15) is 0 Å². The van der Waals surface area contributed by atoms with Gasteiger partial charge in [0.25, 0.3) is 5.56 Å².